The zero-order chi connectivity index (χ0) is 24.8. The van der Waals surface area contributed by atoms with E-state index in [9.17, 15) is 14.4 Å². The molecule has 3 amide bonds. The number of para-hydroxylation sites is 1. The molecule has 2 rings (SSSR count). The number of carbonyl (C=O) groups is 3. The van der Waals surface area contributed by atoms with Gasteiger partial charge in [0.05, 0.1) is 0 Å². The van der Waals surface area contributed by atoms with Crippen LogP contribution in [0.2, 0.25) is 0 Å². The largest absolute Gasteiger partial charge is 0.444 e. The quantitative estimate of drug-likeness (QED) is 0.527. The first-order valence-corrected chi connectivity index (χ1v) is 11.4. The summed E-state index contributed by atoms with van der Waals surface area (Å²) in [7, 11) is 1.55. The summed E-state index contributed by atoms with van der Waals surface area (Å²) in [4.78, 5) is 40.4. The van der Waals surface area contributed by atoms with Crippen LogP contribution in [0.1, 0.15) is 43.5 Å². The molecule has 0 saturated heterocycles. The molecular weight excluding hydrogens is 438 g/mol. The lowest BCUT2D eigenvalue weighted by Gasteiger charge is -2.32. The molecule has 0 radical (unpaired) electrons. The first-order valence-electron chi connectivity index (χ1n) is 10.7. The predicted octanol–water partition coefficient (Wildman–Crippen LogP) is 4.26. The highest BCUT2D eigenvalue weighted by Gasteiger charge is 2.34. The van der Waals surface area contributed by atoms with Crippen molar-refractivity contribution in [2.24, 2.45) is 0 Å². The zero-order valence-corrected chi connectivity index (χ0v) is 20.9. The van der Waals surface area contributed by atoms with Gasteiger partial charge >= 0.3 is 6.09 Å². The van der Waals surface area contributed by atoms with E-state index in [1.807, 2.05) is 62.4 Å². The number of hydrogen-bond donors (Lipinski definition) is 3. The van der Waals surface area contributed by atoms with Crippen LogP contribution in [-0.4, -0.2) is 47.3 Å². The minimum atomic E-state index is -0.967. The van der Waals surface area contributed by atoms with E-state index in [0.29, 0.717) is 11.3 Å². The Morgan fingerprint density at radius 3 is 2.12 bits per heavy atom. The van der Waals surface area contributed by atoms with Crippen LogP contribution in [0.5, 0.6) is 0 Å². The molecule has 2 atom stereocenters. The number of anilines is 1. The number of nitrogens with zero attached hydrogens (tertiary/aromatic N) is 1. The van der Waals surface area contributed by atoms with Crippen LogP contribution in [0, 0.1) is 13.8 Å². The number of nitrogens with one attached hydrogen (secondary N) is 2. The fourth-order valence-electron chi connectivity index (χ4n) is 3.34. The van der Waals surface area contributed by atoms with Crippen LogP contribution >= 0.6 is 12.6 Å². The summed E-state index contributed by atoms with van der Waals surface area (Å²) in [6, 6.07) is 12.9. The monoisotopic (exact) mass is 471 g/mol. The number of benzene rings is 2. The fourth-order valence-corrected chi connectivity index (χ4v) is 3.59. The fraction of sp³-hybridized carbons (Fsp3) is 0.400. The molecule has 0 aromatic heterocycles. The van der Waals surface area contributed by atoms with Crippen molar-refractivity contribution in [1.29, 1.82) is 0 Å². The highest BCUT2D eigenvalue weighted by Crippen LogP contribution is 2.26. The Hall–Kier alpha value is -3.00. The molecule has 0 aliphatic carbocycles. The number of aryl methyl sites for hydroxylation is 2. The van der Waals surface area contributed by atoms with Crippen LogP contribution in [0.15, 0.2) is 48.5 Å². The van der Waals surface area contributed by atoms with Crippen LogP contribution in [-0.2, 0) is 14.3 Å². The van der Waals surface area contributed by atoms with Crippen LogP contribution in [0.25, 0.3) is 0 Å². The van der Waals surface area contributed by atoms with Gasteiger partial charge < -0.3 is 20.3 Å². The number of ether oxygens (including phenoxy) is 1. The molecule has 178 valence electrons. The normalized spacial score (nSPS) is 12.9. The average Bonchev–Trinajstić information content (AvgIpc) is 2.73. The number of carbonyl (C=O) groups excluding carboxylic acids is 3. The van der Waals surface area contributed by atoms with E-state index in [-0.39, 0.29) is 11.7 Å². The first kappa shape index (κ1) is 26.3. The maximum absolute atomic E-state index is 13.4. The maximum atomic E-state index is 13.4. The summed E-state index contributed by atoms with van der Waals surface area (Å²) in [5, 5.41) is 5.50. The van der Waals surface area contributed by atoms with Crippen molar-refractivity contribution in [3.8, 4) is 0 Å². The van der Waals surface area contributed by atoms with Crippen molar-refractivity contribution in [3.63, 3.8) is 0 Å². The van der Waals surface area contributed by atoms with Gasteiger partial charge in [-0.1, -0.05) is 42.5 Å². The number of amides is 3. The molecule has 2 N–H and O–H groups in total. The van der Waals surface area contributed by atoms with Gasteiger partial charge in [-0.2, -0.15) is 12.6 Å². The number of alkyl carbamates (subject to hydrolysis) is 1. The number of rotatable bonds is 7. The Balaban J connectivity index is 2.34. The van der Waals surface area contributed by atoms with Crippen molar-refractivity contribution in [1.82, 2.24) is 10.2 Å². The van der Waals surface area contributed by atoms with Gasteiger partial charge in [0.15, 0.2) is 0 Å². The van der Waals surface area contributed by atoms with Crippen molar-refractivity contribution in [2.75, 3.05) is 18.1 Å². The second-order valence-electron chi connectivity index (χ2n) is 8.89. The topological polar surface area (TPSA) is 87.7 Å². The molecule has 0 fully saturated rings. The lowest BCUT2D eigenvalue weighted by molar-refractivity contribution is -0.138. The van der Waals surface area contributed by atoms with Crippen molar-refractivity contribution >= 4 is 36.2 Å². The second-order valence-corrected chi connectivity index (χ2v) is 9.26. The smallest absolute Gasteiger partial charge is 0.408 e. The van der Waals surface area contributed by atoms with Crippen LogP contribution in [0.3, 0.4) is 0 Å². The predicted molar refractivity (Wildman–Crippen MR) is 134 cm³/mol. The van der Waals surface area contributed by atoms with Gasteiger partial charge in [-0.3, -0.25) is 9.59 Å². The molecule has 33 heavy (non-hydrogen) atoms. The van der Waals surface area contributed by atoms with Gasteiger partial charge in [-0.05, 0) is 57.4 Å². The molecule has 2 unspecified atom stereocenters. The van der Waals surface area contributed by atoms with Crippen molar-refractivity contribution in [3.05, 3.63) is 65.2 Å². The minimum absolute atomic E-state index is 0.0440. The van der Waals surface area contributed by atoms with E-state index >= 15 is 0 Å². The van der Waals surface area contributed by atoms with E-state index in [0.717, 1.165) is 11.1 Å². The third-order valence-electron chi connectivity index (χ3n) is 5.04. The Morgan fingerprint density at radius 2 is 1.58 bits per heavy atom. The van der Waals surface area contributed by atoms with Crippen molar-refractivity contribution < 1.29 is 19.1 Å². The highest BCUT2D eigenvalue weighted by molar-refractivity contribution is 7.80. The molecule has 0 spiro atoms. The molecule has 0 bridgehead atoms. The van der Waals surface area contributed by atoms with Gasteiger partial charge in [-0.25, -0.2) is 4.79 Å². The van der Waals surface area contributed by atoms with Crippen molar-refractivity contribution in [2.45, 2.75) is 52.3 Å². The molecule has 0 aliphatic rings. The second kappa shape index (κ2) is 11.2. The van der Waals surface area contributed by atoms with Gasteiger partial charge in [0, 0.05) is 18.5 Å². The van der Waals surface area contributed by atoms with Gasteiger partial charge in [0.1, 0.15) is 17.7 Å². The zero-order valence-electron chi connectivity index (χ0n) is 20.0. The number of likely N-dealkylation sites (N-methyl/N-ethyl adjacent to an activating group) is 1. The first-order chi connectivity index (χ1) is 15.4. The van der Waals surface area contributed by atoms with E-state index in [4.69, 9.17) is 4.74 Å². The third kappa shape index (κ3) is 7.25. The SMILES string of the molecule is Cc1ccccc1NC(=O)C(c1ccccc1C)N(C)C(=O)C(CS)NC(=O)OC(C)(C)C. The summed E-state index contributed by atoms with van der Waals surface area (Å²) < 4.78 is 5.27. The maximum Gasteiger partial charge on any atom is 0.408 e. The van der Waals surface area contributed by atoms with E-state index < -0.39 is 29.7 Å². The van der Waals surface area contributed by atoms with Gasteiger partial charge in [0.25, 0.3) is 5.91 Å². The Labute approximate surface area is 201 Å². The molecular formula is C25H33N3O4S. The molecule has 8 heteroatoms. The molecule has 0 heterocycles. The van der Waals surface area contributed by atoms with E-state index in [1.165, 1.54) is 4.90 Å². The molecule has 7 nitrogen and oxygen atoms in total. The molecule has 0 aliphatic heterocycles. The lowest BCUT2D eigenvalue weighted by Crippen LogP contribution is -2.52. The Kier molecular flexibility index (Phi) is 8.93. The van der Waals surface area contributed by atoms with E-state index in [2.05, 4.69) is 23.3 Å². The third-order valence-corrected chi connectivity index (χ3v) is 5.41. The molecule has 0 saturated carbocycles. The number of hydrogen-bond acceptors (Lipinski definition) is 5. The minimum Gasteiger partial charge on any atom is -0.444 e. The van der Waals surface area contributed by atoms with E-state index in [1.54, 1.807) is 27.8 Å². The lowest BCUT2D eigenvalue weighted by atomic mass is 9.98. The average molecular weight is 472 g/mol. The standard InChI is InChI=1S/C25H33N3O4S/c1-16-11-7-9-13-18(16)21(22(29)26-19-14-10-8-12-17(19)2)28(6)23(30)20(15-33)27-24(31)32-25(3,4)5/h7-14,20-21,33H,15H2,1-6H3,(H,26,29)(H,27,31). The van der Waals surface area contributed by atoms with Gasteiger partial charge in [0.2, 0.25) is 5.91 Å². The van der Waals surface area contributed by atoms with Gasteiger partial charge in [-0.15, -0.1) is 0 Å². The van der Waals surface area contributed by atoms with Crippen LogP contribution in [0.4, 0.5) is 10.5 Å². The Bertz CT molecular complexity index is 1000. The number of thiol groups is 1. The summed E-state index contributed by atoms with van der Waals surface area (Å²) in [5.41, 5.74) is 2.42. The summed E-state index contributed by atoms with van der Waals surface area (Å²) in [6.45, 7) is 8.99. The summed E-state index contributed by atoms with van der Waals surface area (Å²) in [6.07, 6.45) is -0.722. The molecule has 2 aromatic carbocycles. The van der Waals surface area contributed by atoms with Crippen LogP contribution < -0.4 is 10.6 Å². The summed E-state index contributed by atoms with van der Waals surface area (Å²) >= 11 is 4.24. The molecule has 2 aromatic rings. The highest BCUT2D eigenvalue weighted by atomic mass is 32.1. The Morgan fingerprint density at radius 1 is 1.00 bits per heavy atom. The summed E-state index contributed by atoms with van der Waals surface area (Å²) in [5.74, 6) is -0.767.